The van der Waals surface area contributed by atoms with Gasteiger partial charge in [0, 0.05) is 10.9 Å². The Balaban J connectivity index is 1.53. The quantitative estimate of drug-likeness (QED) is 0.859. The maximum absolute atomic E-state index is 5.61. The van der Waals surface area contributed by atoms with Gasteiger partial charge in [0.25, 0.3) is 0 Å². The lowest BCUT2D eigenvalue weighted by Gasteiger charge is -2.19. The van der Waals surface area contributed by atoms with Crippen LogP contribution in [0, 0.1) is 0 Å². The molecular weight excluding hydrogens is 350 g/mol. The summed E-state index contributed by atoms with van der Waals surface area (Å²) in [7, 11) is 0. The average molecular weight is 368 g/mol. The molecule has 1 aliphatic heterocycles. The lowest BCUT2D eigenvalue weighted by atomic mass is 10.1. The largest absolute Gasteiger partial charge is 0.486 e. The van der Waals surface area contributed by atoms with E-state index < -0.39 is 0 Å². The summed E-state index contributed by atoms with van der Waals surface area (Å²) in [4.78, 5) is 1.35. The van der Waals surface area contributed by atoms with Crippen LogP contribution in [0.5, 0.6) is 11.5 Å². The molecule has 2 aromatic rings. The second kappa shape index (κ2) is 6.81. The first-order chi connectivity index (χ1) is 10.2. The molecule has 1 unspecified atom stereocenters. The van der Waals surface area contributed by atoms with E-state index in [4.69, 9.17) is 9.47 Å². The fraction of sp³-hybridized carbons (Fsp3) is 0.375. The molecule has 1 aromatic heterocycles. The Kier molecular flexibility index (Phi) is 4.83. The summed E-state index contributed by atoms with van der Waals surface area (Å²) in [5, 5.41) is 3.56. The lowest BCUT2D eigenvalue weighted by Crippen LogP contribution is -2.21. The molecule has 5 heteroatoms. The predicted molar refractivity (Wildman–Crippen MR) is 89.6 cm³/mol. The van der Waals surface area contributed by atoms with Crippen LogP contribution in [0.25, 0.3) is 0 Å². The van der Waals surface area contributed by atoms with E-state index in [1.165, 1.54) is 14.2 Å². The van der Waals surface area contributed by atoms with Crippen molar-refractivity contribution in [3.63, 3.8) is 0 Å². The summed E-state index contributed by atoms with van der Waals surface area (Å²) in [6.45, 7) is 4.42. The number of hydrogen-bond donors (Lipinski definition) is 1. The summed E-state index contributed by atoms with van der Waals surface area (Å²) in [5.74, 6) is 1.73. The molecule has 0 aliphatic carbocycles. The first-order valence-electron chi connectivity index (χ1n) is 7.09. The molecule has 0 amide bonds. The zero-order valence-electron chi connectivity index (χ0n) is 11.9. The lowest BCUT2D eigenvalue weighted by molar-refractivity contribution is 0.171. The second-order valence-electron chi connectivity index (χ2n) is 5.05. The molecule has 3 rings (SSSR count). The molecule has 0 radical (unpaired) electrons. The van der Waals surface area contributed by atoms with E-state index in [9.17, 15) is 0 Å². The van der Waals surface area contributed by atoms with Gasteiger partial charge >= 0.3 is 0 Å². The number of halogens is 1. The van der Waals surface area contributed by atoms with Gasteiger partial charge in [0.15, 0.2) is 11.5 Å². The molecule has 2 heterocycles. The summed E-state index contributed by atoms with van der Waals surface area (Å²) in [6.07, 6.45) is 0.980. The van der Waals surface area contributed by atoms with Crippen LogP contribution in [0.2, 0.25) is 0 Å². The van der Waals surface area contributed by atoms with Gasteiger partial charge in [-0.05, 0) is 65.6 Å². The van der Waals surface area contributed by atoms with Crippen LogP contribution in [-0.4, -0.2) is 19.8 Å². The zero-order chi connectivity index (χ0) is 14.7. The monoisotopic (exact) mass is 367 g/mol. The van der Waals surface area contributed by atoms with Gasteiger partial charge in [-0.3, -0.25) is 0 Å². The van der Waals surface area contributed by atoms with Crippen LogP contribution in [0.3, 0.4) is 0 Å². The van der Waals surface area contributed by atoms with Crippen molar-refractivity contribution in [3.8, 4) is 11.5 Å². The van der Waals surface area contributed by atoms with Crippen LogP contribution in [0.4, 0.5) is 0 Å². The molecule has 21 heavy (non-hydrogen) atoms. The molecule has 1 atom stereocenters. The summed E-state index contributed by atoms with van der Waals surface area (Å²) >= 11 is 5.28. The van der Waals surface area contributed by atoms with Gasteiger partial charge in [-0.15, -0.1) is 11.3 Å². The van der Waals surface area contributed by atoms with Crippen molar-refractivity contribution in [2.45, 2.75) is 19.4 Å². The molecule has 0 spiro atoms. The van der Waals surface area contributed by atoms with Crippen molar-refractivity contribution in [2.75, 3.05) is 19.8 Å². The van der Waals surface area contributed by atoms with E-state index in [-0.39, 0.29) is 0 Å². The SMILES string of the molecule is CC(NCCc1ccc2c(c1)OCCO2)c1ccc(Br)s1. The van der Waals surface area contributed by atoms with Crippen LogP contribution in [0.15, 0.2) is 34.1 Å². The smallest absolute Gasteiger partial charge is 0.161 e. The van der Waals surface area contributed by atoms with E-state index >= 15 is 0 Å². The van der Waals surface area contributed by atoms with E-state index in [0.717, 1.165) is 24.5 Å². The summed E-state index contributed by atoms with van der Waals surface area (Å²) in [5.41, 5.74) is 1.27. The van der Waals surface area contributed by atoms with Gasteiger partial charge in [0.2, 0.25) is 0 Å². The number of ether oxygens (including phenoxy) is 2. The highest BCUT2D eigenvalue weighted by atomic mass is 79.9. The maximum atomic E-state index is 5.61. The third-order valence-electron chi connectivity index (χ3n) is 3.49. The van der Waals surface area contributed by atoms with Crippen LogP contribution >= 0.6 is 27.3 Å². The minimum absolute atomic E-state index is 0.374. The van der Waals surface area contributed by atoms with Crippen molar-refractivity contribution in [1.82, 2.24) is 5.32 Å². The van der Waals surface area contributed by atoms with Gasteiger partial charge in [-0.25, -0.2) is 0 Å². The van der Waals surface area contributed by atoms with E-state index in [1.54, 1.807) is 11.3 Å². The van der Waals surface area contributed by atoms with Gasteiger partial charge < -0.3 is 14.8 Å². The number of nitrogens with one attached hydrogen (secondary N) is 1. The number of hydrogen-bond acceptors (Lipinski definition) is 4. The number of thiophene rings is 1. The minimum atomic E-state index is 0.374. The maximum Gasteiger partial charge on any atom is 0.161 e. The molecule has 1 N–H and O–H groups in total. The molecule has 0 fully saturated rings. The molecule has 112 valence electrons. The van der Waals surface area contributed by atoms with E-state index in [0.29, 0.717) is 19.3 Å². The minimum Gasteiger partial charge on any atom is -0.486 e. The number of benzene rings is 1. The molecule has 0 bridgehead atoms. The number of fused-ring (bicyclic) bond motifs is 1. The van der Waals surface area contributed by atoms with Gasteiger partial charge in [-0.2, -0.15) is 0 Å². The fourth-order valence-corrected chi connectivity index (χ4v) is 3.79. The Morgan fingerprint density at radius 1 is 1.19 bits per heavy atom. The van der Waals surface area contributed by atoms with Crippen molar-refractivity contribution < 1.29 is 9.47 Å². The Morgan fingerprint density at radius 3 is 2.76 bits per heavy atom. The van der Waals surface area contributed by atoms with E-state index in [2.05, 4.69) is 52.4 Å². The van der Waals surface area contributed by atoms with Crippen LogP contribution in [-0.2, 0) is 6.42 Å². The van der Waals surface area contributed by atoms with Crippen molar-refractivity contribution >= 4 is 27.3 Å². The molecule has 1 aromatic carbocycles. The summed E-state index contributed by atoms with van der Waals surface area (Å²) in [6, 6.07) is 10.8. The third kappa shape index (κ3) is 3.78. The predicted octanol–water partition coefficient (Wildman–Crippen LogP) is 4.18. The highest BCUT2D eigenvalue weighted by Crippen LogP contribution is 2.31. The highest BCUT2D eigenvalue weighted by Gasteiger charge is 2.12. The fourth-order valence-electron chi connectivity index (χ4n) is 2.34. The van der Waals surface area contributed by atoms with Gasteiger partial charge in [0.05, 0.1) is 3.79 Å². The Bertz CT molecular complexity index is 614. The standard InChI is InChI=1S/C16H18BrNO2S/c1-11(15-4-5-16(17)21-15)18-7-6-12-2-3-13-14(10-12)20-9-8-19-13/h2-5,10-11,18H,6-9H2,1H3. The molecule has 0 saturated heterocycles. The third-order valence-corrected chi connectivity index (χ3v) is 5.30. The molecular formula is C16H18BrNO2S. The average Bonchev–Trinajstić information content (AvgIpc) is 2.94. The topological polar surface area (TPSA) is 30.5 Å². The van der Waals surface area contributed by atoms with Gasteiger partial charge in [-0.1, -0.05) is 6.07 Å². The van der Waals surface area contributed by atoms with E-state index in [1.807, 2.05) is 6.07 Å². The molecule has 0 saturated carbocycles. The first-order valence-corrected chi connectivity index (χ1v) is 8.70. The zero-order valence-corrected chi connectivity index (χ0v) is 14.3. The Hall–Kier alpha value is -1.04. The molecule has 3 nitrogen and oxygen atoms in total. The normalized spacial score (nSPS) is 15.0. The van der Waals surface area contributed by atoms with Gasteiger partial charge in [0.1, 0.15) is 13.2 Å². The van der Waals surface area contributed by atoms with Crippen LogP contribution < -0.4 is 14.8 Å². The highest BCUT2D eigenvalue weighted by molar-refractivity contribution is 9.11. The summed E-state index contributed by atoms with van der Waals surface area (Å²) < 4.78 is 12.3. The van der Waals surface area contributed by atoms with Crippen molar-refractivity contribution in [2.24, 2.45) is 0 Å². The van der Waals surface area contributed by atoms with Crippen molar-refractivity contribution in [3.05, 3.63) is 44.6 Å². The molecule has 1 aliphatic rings. The Labute approximate surface area is 137 Å². The number of rotatable bonds is 5. The second-order valence-corrected chi connectivity index (χ2v) is 7.54. The van der Waals surface area contributed by atoms with Crippen molar-refractivity contribution in [1.29, 1.82) is 0 Å². The first kappa shape index (κ1) is 14.9. The Morgan fingerprint density at radius 2 is 2.00 bits per heavy atom. The van der Waals surface area contributed by atoms with Crippen LogP contribution in [0.1, 0.15) is 23.4 Å².